The first-order valence-corrected chi connectivity index (χ1v) is 9.03. The standard InChI is InChI=1S/C23H23N3O/c1-2-26(18-20-9-5-3-6-10-20)22-15-13-19(14-16-22)17-24-25-23(27)21-11-7-4-8-12-21/h3-17H,2,18H2,1H3,(H,25,27)/b24-17+. The zero-order chi connectivity index (χ0) is 18.9. The fourth-order valence-electron chi connectivity index (χ4n) is 2.78. The number of amides is 1. The van der Waals surface area contributed by atoms with E-state index in [0.717, 1.165) is 24.3 Å². The lowest BCUT2D eigenvalue weighted by Gasteiger charge is -2.23. The van der Waals surface area contributed by atoms with Crippen molar-refractivity contribution in [2.24, 2.45) is 5.10 Å². The van der Waals surface area contributed by atoms with Crippen LogP contribution in [0, 0.1) is 0 Å². The molecule has 0 aliphatic carbocycles. The van der Waals surface area contributed by atoms with Crippen LogP contribution in [0.5, 0.6) is 0 Å². The summed E-state index contributed by atoms with van der Waals surface area (Å²) in [6.07, 6.45) is 1.65. The van der Waals surface area contributed by atoms with Crippen molar-refractivity contribution in [1.29, 1.82) is 0 Å². The highest BCUT2D eigenvalue weighted by atomic mass is 16.2. The van der Waals surface area contributed by atoms with Crippen LogP contribution >= 0.6 is 0 Å². The van der Waals surface area contributed by atoms with Gasteiger partial charge in [-0.3, -0.25) is 4.79 Å². The quantitative estimate of drug-likeness (QED) is 0.501. The van der Waals surface area contributed by atoms with Crippen molar-refractivity contribution < 1.29 is 4.79 Å². The summed E-state index contributed by atoms with van der Waals surface area (Å²) in [5.74, 6) is -0.219. The Kier molecular flexibility index (Phi) is 6.36. The highest BCUT2D eigenvalue weighted by molar-refractivity contribution is 5.94. The first-order valence-electron chi connectivity index (χ1n) is 9.03. The number of hydrogen-bond donors (Lipinski definition) is 1. The minimum atomic E-state index is -0.219. The maximum absolute atomic E-state index is 12.0. The number of nitrogens with one attached hydrogen (secondary N) is 1. The van der Waals surface area contributed by atoms with Crippen LogP contribution in [0.25, 0.3) is 0 Å². The number of hydrogen-bond acceptors (Lipinski definition) is 3. The second-order valence-corrected chi connectivity index (χ2v) is 6.16. The van der Waals surface area contributed by atoms with Gasteiger partial charge in [-0.25, -0.2) is 5.43 Å². The second-order valence-electron chi connectivity index (χ2n) is 6.16. The third kappa shape index (κ3) is 5.28. The van der Waals surface area contributed by atoms with Crippen LogP contribution in [0.3, 0.4) is 0 Å². The van der Waals surface area contributed by atoms with Crippen LogP contribution in [-0.4, -0.2) is 18.7 Å². The van der Waals surface area contributed by atoms with E-state index in [1.165, 1.54) is 5.56 Å². The largest absolute Gasteiger partial charge is 0.367 e. The Morgan fingerprint density at radius 2 is 1.56 bits per heavy atom. The Morgan fingerprint density at radius 3 is 2.19 bits per heavy atom. The highest BCUT2D eigenvalue weighted by Crippen LogP contribution is 2.17. The molecule has 0 unspecified atom stereocenters. The Hall–Kier alpha value is -3.40. The smallest absolute Gasteiger partial charge is 0.271 e. The Bertz CT molecular complexity index is 875. The number of carbonyl (C=O) groups excluding carboxylic acids is 1. The number of anilines is 1. The van der Waals surface area contributed by atoms with Gasteiger partial charge in [0.05, 0.1) is 6.21 Å². The first kappa shape index (κ1) is 18.4. The van der Waals surface area contributed by atoms with Gasteiger partial charge in [-0.1, -0.05) is 60.7 Å². The molecular weight excluding hydrogens is 334 g/mol. The van der Waals surface area contributed by atoms with Crippen LogP contribution in [0.1, 0.15) is 28.4 Å². The third-order valence-electron chi connectivity index (χ3n) is 4.27. The van der Waals surface area contributed by atoms with E-state index in [1.807, 2.05) is 36.4 Å². The number of carbonyl (C=O) groups is 1. The lowest BCUT2D eigenvalue weighted by Crippen LogP contribution is -2.21. The van der Waals surface area contributed by atoms with Crippen molar-refractivity contribution in [3.05, 3.63) is 102 Å². The summed E-state index contributed by atoms with van der Waals surface area (Å²) in [6.45, 7) is 3.95. The molecule has 0 aromatic heterocycles. The normalized spacial score (nSPS) is 10.7. The van der Waals surface area contributed by atoms with Crippen LogP contribution in [0.4, 0.5) is 5.69 Å². The van der Waals surface area contributed by atoms with Gasteiger partial charge >= 0.3 is 0 Å². The van der Waals surface area contributed by atoms with Crippen molar-refractivity contribution in [1.82, 2.24) is 5.43 Å². The lowest BCUT2D eigenvalue weighted by atomic mass is 10.1. The minimum Gasteiger partial charge on any atom is -0.367 e. The van der Waals surface area contributed by atoms with Crippen molar-refractivity contribution in [3.8, 4) is 0 Å². The van der Waals surface area contributed by atoms with Crippen molar-refractivity contribution in [3.63, 3.8) is 0 Å². The number of nitrogens with zero attached hydrogens (tertiary/aromatic N) is 2. The molecule has 4 nitrogen and oxygen atoms in total. The predicted molar refractivity (Wildman–Crippen MR) is 111 cm³/mol. The molecule has 136 valence electrons. The van der Waals surface area contributed by atoms with Crippen LogP contribution in [-0.2, 0) is 6.54 Å². The molecule has 0 heterocycles. The van der Waals surface area contributed by atoms with Gasteiger partial charge in [0, 0.05) is 24.3 Å². The molecule has 3 rings (SSSR count). The van der Waals surface area contributed by atoms with Crippen molar-refractivity contribution >= 4 is 17.8 Å². The SMILES string of the molecule is CCN(Cc1ccccc1)c1ccc(/C=N/NC(=O)c2ccccc2)cc1. The Labute approximate surface area is 160 Å². The van der Waals surface area contributed by atoms with Gasteiger partial charge in [-0.05, 0) is 42.3 Å². The molecule has 0 spiro atoms. The first-order chi connectivity index (χ1) is 13.3. The number of benzene rings is 3. The molecule has 0 fully saturated rings. The summed E-state index contributed by atoms with van der Waals surface area (Å²) in [4.78, 5) is 14.3. The minimum absolute atomic E-state index is 0.219. The molecule has 27 heavy (non-hydrogen) atoms. The van der Waals surface area contributed by atoms with Crippen molar-refractivity contribution in [2.45, 2.75) is 13.5 Å². The summed E-state index contributed by atoms with van der Waals surface area (Å²) < 4.78 is 0. The predicted octanol–water partition coefficient (Wildman–Crippen LogP) is 4.48. The lowest BCUT2D eigenvalue weighted by molar-refractivity contribution is 0.0955. The molecule has 0 radical (unpaired) electrons. The van der Waals surface area contributed by atoms with E-state index < -0.39 is 0 Å². The van der Waals surface area contributed by atoms with E-state index in [1.54, 1.807) is 18.3 Å². The summed E-state index contributed by atoms with van der Waals surface area (Å²) in [7, 11) is 0. The maximum Gasteiger partial charge on any atom is 0.271 e. The molecule has 0 saturated heterocycles. The molecule has 0 saturated carbocycles. The number of rotatable bonds is 7. The van der Waals surface area contributed by atoms with Gasteiger partial charge in [0.15, 0.2) is 0 Å². The topological polar surface area (TPSA) is 44.7 Å². The van der Waals surface area contributed by atoms with E-state index >= 15 is 0 Å². The second kappa shape index (κ2) is 9.34. The molecule has 0 aliphatic heterocycles. The van der Waals surface area contributed by atoms with Gasteiger partial charge < -0.3 is 4.90 Å². The van der Waals surface area contributed by atoms with Crippen LogP contribution in [0.2, 0.25) is 0 Å². The van der Waals surface area contributed by atoms with Crippen LogP contribution in [0.15, 0.2) is 90.0 Å². The fourth-order valence-corrected chi connectivity index (χ4v) is 2.78. The molecule has 3 aromatic rings. The van der Waals surface area contributed by atoms with Gasteiger partial charge in [-0.2, -0.15) is 5.10 Å². The van der Waals surface area contributed by atoms with E-state index in [2.05, 4.69) is 58.7 Å². The van der Waals surface area contributed by atoms with E-state index in [9.17, 15) is 4.79 Å². The summed E-state index contributed by atoms with van der Waals surface area (Å²) in [5, 5.41) is 4.04. The summed E-state index contributed by atoms with van der Waals surface area (Å²) in [5.41, 5.74) is 6.51. The monoisotopic (exact) mass is 357 g/mol. The molecule has 0 bridgehead atoms. The zero-order valence-electron chi connectivity index (χ0n) is 15.4. The summed E-state index contributed by atoms with van der Waals surface area (Å²) in [6, 6.07) is 27.6. The van der Waals surface area contributed by atoms with E-state index in [-0.39, 0.29) is 5.91 Å². The average Bonchev–Trinajstić information content (AvgIpc) is 2.74. The van der Waals surface area contributed by atoms with Crippen LogP contribution < -0.4 is 10.3 Å². The fraction of sp³-hybridized carbons (Fsp3) is 0.130. The molecule has 0 aliphatic rings. The Morgan fingerprint density at radius 1 is 0.926 bits per heavy atom. The molecule has 3 aromatic carbocycles. The van der Waals surface area contributed by atoms with Gasteiger partial charge in [0.1, 0.15) is 0 Å². The molecule has 1 amide bonds. The highest BCUT2D eigenvalue weighted by Gasteiger charge is 2.05. The third-order valence-corrected chi connectivity index (χ3v) is 4.27. The maximum atomic E-state index is 12.0. The Balaban J connectivity index is 1.60. The number of hydrazone groups is 1. The average molecular weight is 357 g/mol. The molecule has 1 N–H and O–H groups in total. The molecular formula is C23H23N3O. The van der Waals surface area contributed by atoms with Gasteiger partial charge in [0.2, 0.25) is 0 Å². The zero-order valence-corrected chi connectivity index (χ0v) is 15.4. The summed E-state index contributed by atoms with van der Waals surface area (Å²) >= 11 is 0. The van der Waals surface area contributed by atoms with E-state index in [0.29, 0.717) is 5.56 Å². The molecule has 0 atom stereocenters. The van der Waals surface area contributed by atoms with Crippen molar-refractivity contribution in [2.75, 3.05) is 11.4 Å². The van der Waals surface area contributed by atoms with E-state index in [4.69, 9.17) is 0 Å². The molecule has 4 heteroatoms. The van der Waals surface area contributed by atoms with Gasteiger partial charge in [-0.15, -0.1) is 0 Å². The van der Waals surface area contributed by atoms with Gasteiger partial charge in [0.25, 0.3) is 5.91 Å².